The second-order valence-corrected chi connectivity index (χ2v) is 5.72. The van der Waals surface area contributed by atoms with Crippen LogP contribution in [0.15, 0.2) is 6.08 Å². The van der Waals surface area contributed by atoms with Crippen LogP contribution >= 0.6 is 0 Å². The standard InChI is InChI=1S/C16H25N3O2/c1-4-13-8-6-5-7-11-19(13)16-14(9-10-15(20)21)12(2)17-18(16)3/h9-10,13H,4-8,11H2,1-3H3,(H,20,21)/b10-9+. The van der Waals surface area contributed by atoms with E-state index in [1.807, 2.05) is 18.7 Å². The maximum atomic E-state index is 10.8. The van der Waals surface area contributed by atoms with Gasteiger partial charge in [-0.1, -0.05) is 19.8 Å². The molecule has 0 saturated carbocycles. The van der Waals surface area contributed by atoms with Gasteiger partial charge in [0.05, 0.1) is 5.69 Å². The molecule has 0 spiro atoms. The molecule has 0 aromatic carbocycles. The van der Waals surface area contributed by atoms with E-state index in [2.05, 4.69) is 16.9 Å². The van der Waals surface area contributed by atoms with Crippen molar-refractivity contribution >= 4 is 17.9 Å². The fourth-order valence-electron chi connectivity index (χ4n) is 3.23. The number of aliphatic carboxylic acids is 1. The molecular weight excluding hydrogens is 266 g/mol. The van der Waals surface area contributed by atoms with E-state index in [0.29, 0.717) is 6.04 Å². The minimum absolute atomic E-state index is 0.513. The van der Waals surface area contributed by atoms with Crippen molar-refractivity contribution in [2.24, 2.45) is 7.05 Å². The Morgan fingerprint density at radius 1 is 1.43 bits per heavy atom. The number of carbonyl (C=O) groups is 1. The van der Waals surface area contributed by atoms with Gasteiger partial charge in [-0.05, 0) is 32.3 Å². The number of hydrogen-bond acceptors (Lipinski definition) is 3. The molecule has 21 heavy (non-hydrogen) atoms. The predicted octanol–water partition coefficient (Wildman–Crippen LogP) is 2.99. The molecule has 1 fully saturated rings. The summed E-state index contributed by atoms with van der Waals surface area (Å²) in [7, 11) is 1.94. The van der Waals surface area contributed by atoms with Crippen molar-refractivity contribution in [3.05, 3.63) is 17.3 Å². The Balaban J connectivity index is 2.42. The van der Waals surface area contributed by atoms with Gasteiger partial charge in [0, 0.05) is 31.3 Å². The van der Waals surface area contributed by atoms with Crippen molar-refractivity contribution < 1.29 is 9.90 Å². The van der Waals surface area contributed by atoms with Crippen molar-refractivity contribution in [3.63, 3.8) is 0 Å². The number of aryl methyl sites for hydroxylation is 2. The highest BCUT2D eigenvalue weighted by molar-refractivity contribution is 5.87. The van der Waals surface area contributed by atoms with Crippen LogP contribution in [0.25, 0.3) is 6.08 Å². The Kier molecular flexibility index (Phi) is 5.04. The van der Waals surface area contributed by atoms with E-state index in [1.54, 1.807) is 6.08 Å². The number of hydrogen-bond donors (Lipinski definition) is 1. The first-order valence-electron chi connectivity index (χ1n) is 7.75. The van der Waals surface area contributed by atoms with Crippen LogP contribution in [0.3, 0.4) is 0 Å². The topological polar surface area (TPSA) is 58.4 Å². The van der Waals surface area contributed by atoms with Gasteiger partial charge in [0.15, 0.2) is 0 Å². The summed E-state index contributed by atoms with van der Waals surface area (Å²) in [4.78, 5) is 13.3. The van der Waals surface area contributed by atoms with Gasteiger partial charge in [0.2, 0.25) is 0 Å². The van der Waals surface area contributed by atoms with Gasteiger partial charge >= 0.3 is 5.97 Å². The number of carboxylic acid groups (broad SMARTS) is 1. The molecule has 1 saturated heterocycles. The summed E-state index contributed by atoms with van der Waals surface area (Å²) in [6, 6.07) is 0.513. The molecule has 0 radical (unpaired) electrons. The second-order valence-electron chi connectivity index (χ2n) is 5.72. The van der Waals surface area contributed by atoms with Crippen LogP contribution in [0, 0.1) is 6.92 Å². The average Bonchev–Trinajstić information content (AvgIpc) is 2.62. The van der Waals surface area contributed by atoms with E-state index >= 15 is 0 Å². The zero-order chi connectivity index (χ0) is 15.4. The van der Waals surface area contributed by atoms with Crippen molar-refractivity contribution in [2.45, 2.75) is 52.0 Å². The van der Waals surface area contributed by atoms with Crippen molar-refractivity contribution in [2.75, 3.05) is 11.4 Å². The number of carboxylic acids is 1. The minimum atomic E-state index is -0.924. The zero-order valence-corrected chi connectivity index (χ0v) is 13.2. The lowest BCUT2D eigenvalue weighted by molar-refractivity contribution is -0.131. The normalized spacial score (nSPS) is 20.0. The van der Waals surface area contributed by atoms with E-state index in [4.69, 9.17) is 5.11 Å². The Labute approximate surface area is 126 Å². The predicted molar refractivity (Wildman–Crippen MR) is 84.5 cm³/mol. The van der Waals surface area contributed by atoms with Gasteiger partial charge in [-0.2, -0.15) is 5.10 Å². The highest BCUT2D eigenvalue weighted by Gasteiger charge is 2.25. The van der Waals surface area contributed by atoms with Gasteiger partial charge in [0.1, 0.15) is 5.82 Å². The van der Waals surface area contributed by atoms with Crippen LogP contribution in [-0.4, -0.2) is 33.4 Å². The summed E-state index contributed by atoms with van der Waals surface area (Å²) in [6.45, 7) is 5.17. The molecule has 1 unspecified atom stereocenters. The summed E-state index contributed by atoms with van der Waals surface area (Å²) in [5, 5.41) is 13.4. The van der Waals surface area contributed by atoms with Crippen molar-refractivity contribution in [1.29, 1.82) is 0 Å². The average molecular weight is 291 g/mol. The number of aromatic nitrogens is 2. The third-order valence-corrected chi connectivity index (χ3v) is 4.25. The Morgan fingerprint density at radius 3 is 2.86 bits per heavy atom. The quantitative estimate of drug-likeness (QED) is 0.866. The molecule has 1 aromatic heterocycles. The first kappa shape index (κ1) is 15.6. The van der Waals surface area contributed by atoms with Gasteiger partial charge in [-0.25, -0.2) is 4.79 Å². The number of anilines is 1. The lowest BCUT2D eigenvalue weighted by atomic mass is 10.1. The highest BCUT2D eigenvalue weighted by Crippen LogP contribution is 2.31. The highest BCUT2D eigenvalue weighted by atomic mass is 16.4. The molecule has 116 valence electrons. The van der Waals surface area contributed by atoms with Crippen LogP contribution in [0.1, 0.15) is 50.3 Å². The minimum Gasteiger partial charge on any atom is -0.478 e. The SMILES string of the molecule is CCC1CCCCCN1c1c(/C=C/C(=O)O)c(C)nn1C. The van der Waals surface area contributed by atoms with Crippen LogP contribution in [0.5, 0.6) is 0 Å². The molecule has 1 aromatic rings. The first-order chi connectivity index (χ1) is 10.0. The lowest BCUT2D eigenvalue weighted by Gasteiger charge is -2.31. The maximum absolute atomic E-state index is 10.8. The summed E-state index contributed by atoms with van der Waals surface area (Å²) in [6.07, 6.45) is 8.90. The van der Waals surface area contributed by atoms with Gasteiger partial charge < -0.3 is 10.0 Å². The molecular formula is C16H25N3O2. The van der Waals surface area contributed by atoms with Gasteiger partial charge in [-0.15, -0.1) is 0 Å². The van der Waals surface area contributed by atoms with Crippen LogP contribution in [0.4, 0.5) is 5.82 Å². The van der Waals surface area contributed by atoms with E-state index in [-0.39, 0.29) is 0 Å². The molecule has 1 aliphatic heterocycles. The lowest BCUT2D eigenvalue weighted by Crippen LogP contribution is -2.36. The molecule has 5 heteroatoms. The summed E-state index contributed by atoms with van der Waals surface area (Å²) < 4.78 is 1.89. The number of rotatable bonds is 4. The van der Waals surface area contributed by atoms with Crippen LogP contribution < -0.4 is 4.90 Å². The molecule has 0 aliphatic carbocycles. The Bertz CT molecular complexity index is 534. The molecule has 1 atom stereocenters. The fourth-order valence-corrected chi connectivity index (χ4v) is 3.23. The molecule has 1 N–H and O–H groups in total. The molecule has 2 rings (SSSR count). The third-order valence-electron chi connectivity index (χ3n) is 4.25. The van der Waals surface area contributed by atoms with Crippen molar-refractivity contribution in [1.82, 2.24) is 9.78 Å². The van der Waals surface area contributed by atoms with E-state index in [1.165, 1.54) is 31.8 Å². The van der Waals surface area contributed by atoms with Crippen LogP contribution in [0.2, 0.25) is 0 Å². The largest absolute Gasteiger partial charge is 0.478 e. The van der Waals surface area contributed by atoms with Gasteiger partial charge in [0.25, 0.3) is 0 Å². The Hall–Kier alpha value is -1.78. The Morgan fingerprint density at radius 2 is 2.19 bits per heavy atom. The molecule has 0 bridgehead atoms. The first-order valence-corrected chi connectivity index (χ1v) is 7.75. The smallest absolute Gasteiger partial charge is 0.328 e. The monoisotopic (exact) mass is 291 g/mol. The molecule has 0 amide bonds. The molecule has 1 aliphatic rings. The van der Waals surface area contributed by atoms with Gasteiger partial charge in [-0.3, -0.25) is 4.68 Å². The van der Waals surface area contributed by atoms with E-state index in [0.717, 1.165) is 30.0 Å². The maximum Gasteiger partial charge on any atom is 0.328 e. The third kappa shape index (κ3) is 3.46. The van der Waals surface area contributed by atoms with E-state index in [9.17, 15) is 4.79 Å². The molecule has 2 heterocycles. The van der Waals surface area contributed by atoms with Crippen LogP contribution in [-0.2, 0) is 11.8 Å². The summed E-state index contributed by atoms with van der Waals surface area (Å²) >= 11 is 0. The number of nitrogens with zero attached hydrogens (tertiary/aromatic N) is 3. The fraction of sp³-hybridized carbons (Fsp3) is 0.625. The van der Waals surface area contributed by atoms with Crippen molar-refractivity contribution in [3.8, 4) is 0 Å². The van der Waals surface area contributed by atoms with E-state index < -0.39 is 5.97 Å². The summed E-state index contributed by atoms with van der Waals surface area (Å²) in [5.41, 5.74) is 1.81. The second kappa shape index (κ2) is 6.78. The zero-order valence-electron chi connectivity index (χ0n) is 13.2. The molecule has 5 nitrogen and oxygen atoms in total. The summed E-state index contributed by atoms with van der Waals surface area (Å²) in [5.74, 6) is 0.130.